The molecule has 4 aromatic rings. The zero-order chi connectivity index (χ0) is 30.5. The van der Waals surface area contributed by atoms with Crippen molar-refractivity contribution < 1.29 is 18.9 Å². The van der Waals surface area contributed by atoms with Gasteiger partial charge in [-0.3, -0.25) is 0 Å². The smallest absolute Gasteiger partial charge is 0.141 e. The monoisotopic (exact) mass is 610 g/mol. The molecule has 0 saturated carbocycles. The Balaban J connectivity index is 1.39. The molecule has 0 radical (unpaired) electrons. The third-order valence-electron chi connectivity index (χ3n) is 9.19. The number of ether oxygens (including phenoxy) is 4. The Bertz CT molecular complexity index is 1510. The first-order valence-electron chi connectivity index (χ1n) is 16.1. The van der Waals surface area contributed by atoms with E-state index < -0.39 is 0 Å². The van der Waals surface area contributed by atoms with Gasteiger partial charge in [-0.2, -0.15) is 0 Å². The minimum absolute atomic E-state index is 0.0241. The Morgan fingerprint density at radius 1 is 0.773 bits per heavy atom. The van der Waals surface area contributed by atoms with Crippen LogP contribution in [0.5, 0.6) is 5.75 Å². The van der Waals surface area contributed by atoms with Crippen molar-refractivity contribution in [3.8, 4) is 5.75 Å². The summed E-state index contributed by atoms with van der Waals surface area (Å²) >= 11 is 7.05. The van der Waals surface area contributed by atoms with E-state index in [1.54, 1.807) is 0 Å². The first-order chi connectivity index (χ1) is 21.6. The molecule has 6 rings (SSSR count). The van der Waals surface area contributed by atoms with Gasteiger partial charge >= 0.3 is 0 Å². The normalized spacial score (nSPS) is 22.9. The molecule has 1 unspecified atom stereocenters. The predicted molar refractivity (Wildman–Crippen MR) is 176 cm³/mol. The van der Waals surface area contributed by atoms with Gasteiger partial charge in [0, 0.05) is 17.9 Å². The summed E-state index contributed by atoms with van der Waals surface area (Å²) in [6.45, 7) is 8.21. The van der Waals surface area contributed by atoms with Crippen molar-refractivity contribution >= 4 is 11.6 Å². The number of fused-ring (bicyclic) bond motifs is 1. The summed E-state index contributed by atoms with van der Waals surface area (Å²) in [6, 6.07) is 31.8. The van der Waals surface area contributed by atoms with Crippen LogP contribution in [0.1, 0.15) is 72.2 Å². The molecule has 0 amide bonds. The average molecular weight is 611 g/mol. The molecule has 4 nitrogen and oxygen atoms in total. The molecule has 0 spiro atoms. The molecule has 0 bridgehead atoms. The summed E-state index contributed by atoms with van der Waals surface area (Å²) < 4.78 is 26.8. The fourth-order valence-electron chi connectivity index (χ4n) is 6.66. The van der Waals surface area contributed by atoms with Crippen molar-refractivity contribution in [3.05, 3.63) is 135 Å². The van der Waals surface area contributed by atoms with Gasteiger partial charge in [-0.25, -0.2) is 0 Å². The Morgan fingerprint density at radius 3 is 2.00 bits per heavy atom. The predicted octanol–water partition coefficient (Wildman–Crippen LogP) is 9.08. The number of rotatable bonds is 11. The minimum Gasteiger partial charge on any atom is -0.491 e. The van der Waals surface area contributed by atoms with E-state index in [4.69, 9.17) is 30.5 Å². The van der Waals surface area contributed by atoms with Gasteiger partial charge in [0.25, 0.3) is 0 Å². The summed E-state index contributed by atoms with van der Waals surface area (Å²) in [7, 11) is 0. The lowest BCUT2D eigenvalue weighted by Crippen LogP contribution is -2.52. The Hall–Kier alpha value is -3.15. The van der Waals surface area contributed by atoms with Crippen molar-refractivity contribution in [1.29, 1.82) is 0 Å². The van der Waals surface area contributed by atoms with Crippen LogP contribution in [-0.2, 0) is 46.7 Å². The summed E-state index contributed by atoms with van der Waals surface area (Å²) in [6.07, 6.45) is 2.63. The molecule has 4 aromatic carbocycles. The minimum atomic E-state index is -0.324. The topological polar surface area (TPSA) is 36.9 Å². The quantitative estimate of drug-likeness (QED) is 0.170. The largest absolute Gasteiger partial charge is 0.491 e. The second kappa shape index (κ2) is 14.3. The van der Waals surface area contributed by atoms with Crippen molar-refractivity contribution in [2.75, 3.05) is 6.61 Å². The van der Waals surface area contributed by atoms with Crippen LogP contribution in [0.4, 0.5) is 0 Å². The molecule has 5 heteroatoms. The first-order valence-corrected chi connectivity index (χ1v) is 16.4. The van der Waals surface area contributed by atoms with Crippen LogP contribution in [0.3, 0.4) is 0 Å². The molecule has 2 heterocycles. The van der Waals surface area contributed by atoms with E-state index >= 15 is 0 Å². The fraction of sp³-hybridized carbons (Fsp3) is 0.385. The van der Waals surface area contributed by atoms with E-state index in [1.165, 1.54) is 11.1 Å². The number of benzene rings is 4. The first kappa shape index (κ1) is 30.9. The second-order valence-corrected chi connectivity index (χ2v) is 12.5. The van der Waals surface area contributed by atoms with Crippen molar-refractivity contribution in [2.24, 2.45) is 5.92 Å². The van der Waals surface area contributed by atoms with Crippen molar-refractivity contribution in [2.45, 2.75) is 84.1 Å². The maximum Gasteiger partial charge on any atom is 0.141 e. The third kappa shape index (κ3) is 6.74. The van der Waals surface area contributed by atoms with Gasteiger partial charge in [-0.05, 0) is 52.6 Å². The van der Waals surface area contributed by atoms with E-state index in [2.05, 4.69) is 99.6 Å². The number of hydrogen-bond donors (Lipinski definition) is 0. The number of halogens is 1. The molecule has 5 atom stereocenters. The molecule has 1 fully saturated rings. The SMILES string of the molecule is CCc1ccc(Cc2cc(C3O[C@H](CC)[C@@H](C)[C@H](OCc4ccccc4)[C@H]3OCc3ccccc3)c3c(c2Cl)OCC3)cc1. The summed E-state index contributed by atoms with van der Waals surface area (Å²) in [4.78, 5) is 0. The summed E-state index contributed by atoms with van der Waals surface area (Å²) in [5, 5.41) is 0.704. The lowest BCUT2D eigenvalue weighted by Gasteiger charge is -2.46. The molecular formula is C39H43ClO4. The average Bonchev–Trinajstić information content (AvgIpc) is 3.57. The van der Waals surface area contributed by atoms with Gasteiger partial charge in [0.1, 0.15) is 18.0 Å². The van der Waals surface area contributed by atoms with E-state index in [1.807, 2.05) is 12.1 Å². The molecule has 0 aromatic heterocycles. The number of hydrogen-bond acceptors (Lipinski definition) is 4. The van der Waals surface area contributed by atoms with Crippen molar-refractivity contribution in [3.63, 3.8) is 0 Å². The van der Waals surface area contributed by atoms with Gasteiger partial charge < -0.3 is 18.9 Å². The molecular weight excluding hydrogens is 568 g/mol. The molecule has 230 valence electrons. The fourth-order valence-corrected chi connectivity index (χ4v) is 6.95. The highest BCUT2D eigenvalue weighted by Crippen LogP contribution is 2.47. The second-order valence-electron chi connectivity index (χ2n) is 12.1. The van der Waals surface area contributed by atoms with E-state index in [9.17, 15) is 0 Å². The van der Waals surface area contributed by atoms with E-state index in [0.717, 1.165) is 59.3 Å². The molecule has 0 aliphatic carbocycles. The number of aryl methyl sites for hydroxylation is 1. The Morgan fingerprint density at radius 2 is 1.39 bits per heavy atom. The molecule has 2 aliphatic rings. The molecule has 1 saturated heterocycles. The highest BCUT2D eigenvalue weighted by Gasteiger charge is 2.46. The maximum absolute atomic E-state index is 7.05. The zero-order valence-corrected chi connectivity index (χ0v) is 26.8. The van der Waals surface area contributed by atoms with E-state index in [-0.39, 0.29) is 30.3 Å². The van der Waals surface area contributed by atoms with Crippen molar-refractivity contribution in [1.82, 2.24) is 0 Å². The maximum atomic E-state index is 7.05. The van der Waals surface area contributed by atoms with Gasteiger partial charge in [-0.15, -0.1) is 0 Å². The standard InChI is InChI=1S/C39H43ClO4/c1-4-27-16-18-28(19-17-27)22-31-23-33(32-20-21-41-37(32)35(31)40)38-39(43-25-30-14-10-7-11-15-30)36(26(3)34(5-2)44-38)42-24-29-12-8-6-9-13-29/h6-19,23,26,34,36,38-39H,4-5,20-22,24-25H2,1-3H3/t26-,34-,36+,38?,39-/m1/s1. The van der Waals surface area contributed by atoms with Crippen LogP contribution in [0, 0.1) is 5.92 Å². The molecule has 2 aliphatic heterocycles. The highest BCUT2D eigenvalue weighted by atomic mass is 35.5. The van der Waals surface area contributed by atoms with Gasteiger partial charge in [0.2, 0.25) is 0 Å². The Kier molecular flexibility index (Phi) is 10.0. The van der Waals surface area contributed by atoms with Crippen LogP contribution in [0.2, 0.25) is 5.02 Å². The lowest BCUT2D eigenvalue weighted by molar-refractivity contribution is -0.235. The van der Waals surface area contributed by atoms with Crippen LogP contribution >= 0.6 is 11.6 Å². The van der Waals surface area contributed by atoms with Crippen LogP contribution < -0.4 is 4.74 Å². The third-order valence-corrected chi connectivity index (χ3v) is 9.60. The van der Waals surface area contributed by atoms with Crippen LogP contribution in [0.25, 0.3) is 0 Å². The Labute approximate surface area is 267 Å². The van der Waals surface area contributed by atoms with Crippen LogP contribution in [0.15, 0.2) is 91.0 Å². The molecule has 0 N–H and O–H groups in total. The lowest BCUT2D eigenvalue weighted by atomic mass is 9.82. The highest BCUT2D eigenvalue weighted by molar-refractivity contribution is 6.33. The van der Waals surface area contributed by atoms with Crippen LogP contribution in [-0.4, -0.2) is 24.9 Å². The summed E-state index contributed by atoms with van der Waals surface area (Å²) in [5.74, 6) is 0.942. The van der Waals surface area contributed by atoms with E-state index in [0.29, 0.717) is 24.8 Å². The van der Waals surface area contributed by atoms with Gasteiger partial charge in [0.05, 0.1) is 37.1 Å². The van der Waals surface area contributed by atoms with Gasteiger partial charge in [0.15, 0.2) is 0 Å². The van der Waals surface area contributed by atoms with Gasteiger partial charge in [-0.1, -0.05) is 123 Å². The zero-order valence-electron chi connectivity index (χ0n) is 26.0. The molecule has 44 heavy (non-hydrogen) atoms. The summed E-state index contributed by atoms with van der Waals surface area (Å²) in [5.41, 5.74) is 8.11.